The van der Waals surface area contributed by atoms with Gasteiger partial charge in [0.25, 0.3) is 0 Å². The lowest BCUT2D eigenvalue weighted by molar-refractivity contribution is 0.0984. The molecule has 0 aliphatic carbocycles. The van der Waals surface area contributed by atoms with Crippen LogP contribution in [0.15, 0.2) is 30.3 Å². The molecule has 3 heteroatoms. The molecule has 0 spiro atoms. The summed E-state index contributed by atoms with van der Waals surface area (Å²) in [6.07, 6.45) is 0.161. The van der Waals surface area contributed by atoms with Gasteiger partial charge in [-0.25, -0.2) is 0 Å². The van der Waals surface area contributed by atoms with E-state index in [-0.39, 0.29) is 6.10 Å². The third kappa shape index (κ3) is 4.15. The van der Waals surface area contributed by atoms with Crippen LogP contribution in [0.25, 0.3) is 0 Å². The summed E-state index contributed by atoms with van der Waals surface area (Å²) >= 11 is 4.35. The van der Waals surface area contributed by atoms with Gasteiger partial charge in [-0.3, -0.25) is 0 Å². The van der Waals surface area contributed by atoms with E-state index in [1.807, 2.05) is 40.8 Å². The van der Waals surface area contributed by atoms with Crippen LogP contribution in [-0.4, -0.2) is 11.0 Å². The van der Waals surface area contributed by atoms with Crippen LogP contribution in [0.2, 0.25) is 0 Å². The van der Waals surface area contributed by atoms with Crippen LogP contribution in [0.5, 0.6) is 0 Å². The van der Waals surface area contributed by atoms with Gasteiger partial charge in [-0.1, -0.05) is 58.8 Å². The second-order valence-electron chi connectivity index (χ2n) is 2.64. The Kier molecular flexibility index (Phi) is 6.56. The SMILES string of the molecule is IC#CCOC(CI)c1ccccc1. The van der Waals surface area contributed by atoms with E-state index in [1.165, 1.54) is 5.56 Å². The minimum Gasteiger partial charge on any atom is -0.360 e. The van der Waals surface area contributed by atoms with Crippen LogP contribution in [0.1, 0.15) is 11.7 Å². The van der Waals surface area contributed by atoms with Crippen LogP contribution in [0, 0.1) is 9.85 Å². The lowest BCUT2D eigenvalue weighted by atomic mass is 10.1. The standard InChI is InChI=1S/C11H10I2O/c12-7-4-8-14-11(9-13)10-5-2-1-3-6-10/h1-3,5-6,11H,8-9H2. The molecule has 0 N–H and O–H groups in total. The average Bonchev–Trinajstić information content (AvgIpc) is 2.26. The van der Waals surface area contributed by atoms with Crippen molar-refractivity contribution in [3.63, 3.8) is 0 Å². The van der Waals surface area contributed by atoms with Gasteiger partial charge in [-0.05, 0) is 9.49 Å². The Hall–Kier alpha value is 0.200. The van der Waals surface area contributed by atoms with Crippen molar-refractivity contribution in [1.29, 1.82) is 0 Å². The zero-order chi connectivity index (χ0) is 10.2. The van der Waals surface area contributed by atoms with Crippen molar-refractivity contribution in [3.8, 4) is 9.85 Å². The summed E-state index contributed by atoms with van der Waals surface area (Å²) in [5.74, 6) is 2.89. The second-order valence-corrected chi connectivity index (χ2v) is 4.06. The fraction of sp³-hybridized carbons (Fsp3) is 0.273. The third-order valence-electron chi connectivity index (χ3n) is 1.74. The van der Waals surface area contributed by atoms with Crippen LogP contribution < -0.4 is 0 Å². The van der Waals surface area contributed by atoms with Gasteiger partial charge in [-0.15, -0.1) is 0 Å². The molecule has 0 saturated heterocycles. The quantitative estimate of drug-likeness (QED) is 0.418. The van der Waals surface area contributed by atoms with Gasteiger partial charge in [0.1, 0.15) is 6.61 Å². The summed E-state index contributed by atoms with van der Waals surface area (Å²) in [5.41, 5.74) is 1.22. The van der Waals surface area contributed by atoms with Gasteiger partial charge in [0, 0.05) is 27.0 Å². The molecule has 1 aromatic carbocycles. The number of ether oxygens (including phenoxy) is 1. The normalized spacial score (nSPS) is 11.6. The van der Waals surface area contributed by atoms with E-state index in [0.717, 1.165) is 4.43 Å². The molecule has 0 amide bonds. The molecule has 14 heavy (non-hydrogen) atoms. The predicted octanol–water partition coefficient (Wildman–Crippen LogP) is 3.58. The van der Waals surface area contributed by atoms with Gasteiger partial charge < -0.3 is 4.74 Å². The van der Waals surface area contributed by atoms with E-state index >= 15 is 0 Å². The van der Waals surface area contributed by atoms with E-state index in [9.17, 15) is 0 Å². The fourth-order valence-electron chi connectivity index (χ4n) is 1.07. The summed E-state index contributed by atoms with van der Waals surface area (Å²) in [5, 5.41) is 0. The first-order valence-electron chi connectivity index (χ1n) is 4.19. The molecule has 1 unspecified atom stereocenters. The molecule has 1 rings (SSSR count). The van der Waals surface area contributed by atoms with Crippen molar-refractivity contribution < 1.29 is 4.74 Å². The van der Waals surface area contributed by atoms with Crippen molar-refractivity contribution in [2.24, 2.45) is 0 Å². The summed E-state index contributed by atoms with van der Waals surface area (Å²) < 4.78 is 9.37. The van der Waals surface area contributed by atoms with Gasteiger partial charge in [0.05, 0.1) is 6.10 Å². The lowest BCUT2D eigenvalue weighted by Gasteiger charge is -2.13. The van der Waals surface area contributed by atoms with Crippen LogP contribution in [0.3, 0.4) is 0 Å². The number of alkyl halides is 1. The Bertz CT molecular complexity index is 313. The van der Waals surface area contributed by atoms with Crippen LogP contribution in [0.4, 0.5) is 0 Å². The molecule has 0 fully saturated rings. The summed E-state index contributed by atoms with van der Waals surface area (Å²) in [6, 6.07) is 10.2. The second kappa shape index (κ2) is 7.49. The lowest BCUT2D eigenvalue weighted by Crippen LogP contribution is -2.05. The van der Waals surface area contributed by atoms with Crippen molar-refractivity contribution >= 4 is 45.2 Å². The molecule has 0 aromatic heterocycles. The maximum Gasteiger partial charge on any atom is 0.109 e. The Morgan fingerprint density at radius 1 is 1.29 bits per heavy atom. The van der Waals surface area contributed by atoms with Crippen molar-refractivity contribution in [3.05, 3.63) is 35.9 Å². The zero-order valence-corrected chi connectivity index (χ0v) is 11.9. The van der Waals surface area contributed by atoms with Gasteiger partial charge in [0.15, 0.2) is 0 Å². The van der Waals surface area contributed by atoms with E-state index in [0.29, 0.717) is 6.61 Å². The Morgan fingerprint density at radius 3 is 2.57 bits per heavy atom. The Morgan fingerprint density at radius 2 is 2.00 bits per heavy atom. The smallest absolute Gasteiger partial charge is 0.109 e. The minimum atomic E-state index is 0.161. The van der Waals surface area contributed by atoms with E-state index in [2.05, 4.69) is 44.6 Å². The molecule has 1 atom stereocenters. The highest BCUT2D eigenvalue weighted by atomic mass is 127. The molecule has 0 heterocycles. The first-order valence-corrected chi connectivity index (χ1v) is 6.80. The molecule has 1 nitrogen and oxygen atoms in total. The number of hydrogen-bond donors (Lipinski definition) is 0. The van der Waals surface area contributed by atoms with E-state index in [4.69, 9.17) is 4.74 Å². The molecule has 0 radical (unpaired) electrons. The minimum absolute atomic E-state index is 0.161. The van der Waals surface area contributed by atoms with E-state index < -0.39 is 0 Å². The molecule has 0 aliphatic rings. The van der Waals surface area contributed by atoms with Crippen molar-refractivity contribution in [2.75, 3.05) is 11.0 Å². The van der Waals surface area contributed by atoms with Gasteiger partial charge >= 0.3 is 0 Å². The zero-order valence-electron chi connectivity index (χ0n) is 7.54. The summed E-state index contributed by atoms with van der Waals surface area (Å²) in [6.45, 7) is 0.505. The largest absolute Gasteiger partial charge is 0.360 e. The first kappa shape index (κ1) is 12.3. The first-order chi connectivity index (χ1) is 6.88. The number of benzene rings is 1. The summed E-state index contributed by atoms with van der Waals surface area (Å²) in [4.78, 5) is 0. The molecular weight excluding hydrogens is 402 g/mol. The molecule has 74 valence electrons. The molecule has 1 aromatic rings. The highest BCUT2D eigenvalue weighted by Gasteiger charge is 2.08. The van der Waals surface area contributed by atoms with Crippen molar-refractivity contribution in [1.82, 2.24) is 0 Å². The Labute approximate surface area is 112 Å². The van der Waals surface area contributed by atoms with E-state index in [1.54, 1.807) is 0 Å². The van der Waals surface area contributed by atoms with Gasteiger partial charge in [0.2, 0.25) is 0 Å². The number of hydrogen-bond acceptors (Lipinski definition) is 1. The fourth-order valence-corrected chi connectivity index (χ4v) is 1.99. The molecule has 0 saturated carbocycles. The number of rotatable bonds is 4. The topological polar surface area (TPSA) is 9.23 Å². The Balaban J connectivity index is 2.57. The predicted molar refractivity (Wildman–Crippen MR) is 75.8 cm³/mol. The van der Waals surface area contributed by atoms with Gasteiger partial charge in [-0.2, -0.15) is 0 Å². The highest BCUT2D eigenvalue weighted by Crippen LogP contribution is 2.19. The maximum atomic E-state index is 5.63. The summed E-state index contributed by atoms with van der Waals surface area (Å²) in [7, 11) is 0. The third-order valence-corrected chi connectivity index (χ3v) is 2.92. The molecular formula is C11H10I2O. The van der Waals surface area contributed by atoms with Crippen molar-refractivity contribution in [2.45, 2.75) is 6.10 Å². The highest BCUT2D eigenvalue weighted by molar-refractivity contribution is 14.1. The maximum absolute atomic E-state index is 5.63. The average molecular weight is 412 g/mol. The van der Waals surface area contributed by atoms with Crippen LogP contribution in [-0.2, 0) is 4.74 Å². The number of halogens is 2. The molecule has 0 bridgehead atoms. The monoisotopic (exact) mass is 412 g/mol. The van der Waals surface area contributed by atoms with Crippen LogP contribution >= 0.6 is 45.2 Å². The molecule has 0 aliphatic heterocycles.